The minimum Gasteiger partial charge on any atom is -0.488 e. The van der Waals surface area contributed by atoms with Gasteiger partial charge in [-0.15, -0.1) is 0 Å². The maximum absolute atomic E-state index is 13.2. The Morgan fingerprint density at radius 2 is 1.69 bits per heavy atom. The maximum atomic E-state index is 13.2. The predicted molar refractivity (Wildman–Crippen MR) is 134 cm³/mol. The fourth-order valence-corrected chi connectivity index (χ4v) is 3.99. The Morgan fingerprint density at radius 3 is 2.42 bits per heavy atom. The van der Waals surface area contributed by atoms with Crippen LogP contribution in [0, 0.1) is 10.1 Å². The molecule has 1 saturated heterocycles. The highest BCUT2D eigenvalue weighted by atomic mass is 35.5. The van der Waals surface area contributed by atoms with Gasteiger partial charge in [-0.2, -0.15) is 0 Å². The number of carbonyl (C=O) groups excluding carboxylic acids is 3. The van der Waals surface area contributed by atoms with E-state index in [0.717, 1.165) is 6.07 Å². The number of nitro groups is 1. The van der Waals surface area contributed by atoms with Crippen molar-refractivity contribution < 1.29 is 24.0 Å². The van der Waals surface area contributed by atoms with Crippen LogP contribution in [-0.2, 0) is 16.2 Å². The van der Waals surface area contributed by atoms with Crippen LogP contribution in [0.4, 0.5) is 16.2 Å². The molecule has 182 valence electrons. The van der Waals surface area contributed by atoms with E-state index in [2.05, 4.69) is 5.32 Å². The van der Waals surface area contributed by atoms with Gasteiger partial charge in [-0.25, -0.2) is 9.69 Å². The first-order valence-corrected chi connectivity index (χ1v) is 11.3. The molecule has 1 fully saturated rings. The molecular formula is C24H14Cl3N3O6. The molecule has 3 aromatic carbocycles. The molecule has 9 nitrogen and oxygen atoms in total. The number of anilines is 1. The number of barbiturate groups is 1. The Kier molecular flexibility index (Phi) is 7.25. The van der Waals surface area contributed by atoms with E-state index in [-0.39, 0.29) is 29.3 Å². The SMILES string of the molecule is O=C1NC(=O)N(c2cccc([N+](=O)[O-])c2)C(=O)C1=Cc1cc(Cl)ccc1OCc1ccc(Cl)cc1Cl. The predicted octanol–water partition coefficient (Wildman–Crippen LogP) is 5.80. The number of ether oxygens (including phenoxy) is 1. The number of benzene rings is 3. The van der Waals surface area contributed by atoms with Crippen molar-refractivity contribution in [3.05, 3.63) is 103 Å². The second-order valence-electron chi connectivity index (χ2n) is 7.44. The third kappa shape index (κ3) is 5.33. The minimum atomic E-state index is -1.04. The minimum absolute atomic E-state index is 0.0479. The van der Waals surface area contributed by atoms with Gasteiger partial charge in [-0.05, 0) is 42.5 Å². The Labute approximate surface area is 219 Å². The van der Waals surface area contributed by atoms with Crippen LogP contribution in [0.3, 0.4) is 0 Å². The van der Waals surface area contributed by atoms with Crippen molar-refractivity contribution in [3.63, 3.8) is 0 Å². The summed E-state index contributed by atoms with van der Waals surface area (Å²) in [6.07, 6.45) is 1.22. The van der Waals surface area contributed by atoms with E-state index in [4.69, 9.17) is 39.5 Å². The largest absolute Gasteiger partial charge is 0.488 e. The normalized spacial score (nSPS) is 14.7. The van der Waals surface area contributed by atoms with Crippen LogP contribution in [-0.4, -0.2) is 22.8 Å². The molecule has 4 rings (SSSR count). The Hall–Kier alpha value is -3.92. The lowest BCUT2D eigenvalue weighted by Crippen LogP contribution is -2.54. The average molecular weight is 547 g/mol. The standard InChI is InChI=1S/C24H14Cl3N3O6/c25-15-6-7-21(36-12-13-4-5-16(26)10-20(13)27)14(8-15)9-19-22(31)28-24(33)29(23(19)32)17-2-1-3-18(11-17)30(34)35/h1-11H,12H2,(H,28,31,33). The second-order valence-corrected chi connectivity index (χ2v) is 8.72. The molecule has 1 heterocycles. The average Bonchev–Trinajstić information content (AvgIpc) is 2.82. The third-order valence-electron chi connectivity index (χ3n) is 5.07. The molecule has 1 aliphatic rings. The van der Waals surface area contributed by atoms with Gasteiger partial charge in [0, 0.05) is 38.3 Å². The van der Waals surface area contributed by atoms with E-state index in [1.807, 2.05) is 0 Å². The zero-order chi connectivity index (χ0) is 26.0. The molecule has 1 aliphatic heterocycles. The van der Waals surface area contributed by atoms with Crippen LogP contribution < -0.4 is 15.0 Å². The lowest BCUT2D eigenvalue weighted by molar-refractivity contribution is -0.384. The van der Waals surface area contributed by atoms with Crippen molar-refractivity contribution in [2.45, 2.75) is 6.61 Å². The summed E-state index contributed by atoms with van der Waals surface area (Å²) < 4.78 is 5.86. The van der Waals surface area contributed by atoms with E-state index in [1.54, 1.807) is 30.3 Å². The number of non-ortho nitro benzene ring substituents is 1. The first-order chi connectivity index (χ1) is 17.1. The summed E-state index contributed by atoms with van der Waals surface area (Å²) in [7, 11) is 0. The van der Waals surface area contributed by atoms with Crippen molar-refractivity contribution in [1.29, 1.82) is 0 Å². The number of imide groups is 2. The topological polar surface area (TPSA) is 119 Å². The highest BCUT2D eigenvalue weighted by Gasteiger charge is 2.37. The molecule has 0 aliphatic carbocycles. The lowest BCUT2D eigenvalue weighted by atomic mass is 10.1. The monoisotopic (exact) mass is 545 g/mol. The van der Waals surface area contributed by atoms with Crippen LogP contribution in [0.25, 0.3) is 6.08 Å². The molecule has 36 heavy (non-hydrogen) atoms. The molecule has 3 aromatic rings. The third-order valence-corrected chi connectivity index (χ3v) is 5.89. The Balaban J connectivity index is 1.68. The van der Waals surface area contributed by atoms with Crippen LogP contribution in [0.1, 0.15) is 11.1 Å². The van der Waals surface area contributed by atoms with E-state index in [1.165, 1.54) is 30.3 Å². The molecule has 0 bridgehead atoms. The number of nitrogens with one attached hydrogen (secondary N) is 1. The van der Waals surface area contributed by atoms with Gasteiger partial charge in [-0.3, -0.25) is 25.0 Å². The first-order valence-electron chi connectivity index (χ1n) is 10.2. The smallest absolute Gasteiger partial charge is 0.335 e. The number of nitro benzene ring substituents is 1. The van der Waals surface area contributed by atoms with Gasteiger partial charge in [-0.1, -0.05) is 46.9 Å². The van der Waals surface area contributed by atoms with Gasteiger partial charge in [0.2, 0.25) is 0 Å². The highest BCUT2D eigenvalue weighted by Crippen LogP contribution is 2.30. The van der Waals surface area contributed by atoms with E-state index >= 15 is 0 Å². The highest BCUT2D eigenvalue weighted by molar-refractivity contribution is 6.39. The second kappa shape index (κ2) is 10.4. The van der Waals surface area contributed by atoms with Crippen LogP contribution in [0.5, 0.6) is 5.75 Å². The number of hydrogen-bond acceptors (Lipinski definition) is 6. The number of urea groups is 1. The van der Waals surface area contributed by atoms with Crippen molar-refractivity contribution in [2.24, 2.45) is 0 Å². The first kappa shape index (κ1) is 25.2. The van der Waals surface area contributed by atoms with Crippen LogP contribution >= 0.6 is 34.8 Å². The molecule has 0 aromatic heterocycles. The van der Waals surface area contributed by atoms with Gasteiger partial charge in [0.05, 0.1) is 10.6 Å². The molecule has 0 spiro atoms. The van der Waals surface area contributed by atoms with Gasteiger partial charge < -0.3 is 4.74 Å². The molecule has 4 amide bonds. The summed E-state index contributed by atoms with van der Waals surface area (Å²) in [5, 5.41) is 14.3. The van der Waals surface area contributed by atoms with E-state index in [0.29, 0.717) is 25.5 Å². The maximum Gasteiger partial charge on any atom is 0.335 e. The summed E-state index contributed by atoms with van der Waals surface area (Å²) in [5.74, 6) is -1.65. The number of nitrogens with zero attached hydrogens (tertiary/aromatic N) is 2. The van der Waals surface area contributed by atoms with Gasteiger partial charge in [0.1, 0.15) is 17.9 Å². The number of carbonyl (C=O) groups is 3. The number of halogens is 3. The van der Waals surface area contributed by atoms with Crippen molar-refractivity contribution in [1.82, 2.24) is 5.32 Å². The van der Waals surface area contributed by atoms with Gasteiger partial charge in [0.15, 0.2) is 0 Å². The van der Waals surface area contributed by atoms with Crippen molar-refractivity contribution in [3.8, 4) is 5.75 Å². The van der Waals surface area contributed by atoms with Crippen LogP contribution in [0.15, 0.2) is 66.2 Å². The van der Waals surface area contributed by atoms with E-state index in [9.17, 15) is 24.5 Å². The fourth-order valence-electron chi connectivity index (χ4n) is 3.35. The summed E-state index contributed by atoms with van der Waals surface area (Å²) in [6.45, 7) is 0.0479. The molecule has 0 saturated carbocycles. The molecular weight excluding hydrogens is 533 g/mol. The van der Waals surface area contributed by atoms with Crippen molar-refractivity contribution >= 4 is 70.1 Å². The van der Waals surface area contributed by atoms with Crippen molar-refractivity contribution in [2.75, 3.05) is 4.90 Å². The van der Waals surface area contributed by atoms with Crippen LogP contribution in [0.2, 0.25) is 15.1 Å². The lowest BCUT2D eigenvalue weighted by Gasteiger charge is -2.26. The number of hydrogen-bond donors (Lipinski definition) is 1. The molecule has 0 radical (unpaired) electrons. The zero-order valence-electron chi connectivity index (χ0n) is 18.0. The zero-order valence-corrected chi connectivity index (χ0v) is 20.3. The number of rotatable bonds is 6. The molecule has 12 heteroatoms. The Bertz CT molecular complexity index is 1460. The fraction of sp³-hybridized carbons (Fsp3) is 0.0417. The number of amides is 4. The summed E-state index contributed by atoms with van der Waals surface area (Å²) in [6, 6.07) is 13.4. The quantitative estimate of drug-likeness (QED) is 0.181. The molecule has 0 unspecified atom stereocenters. The van der Waals surface area contributed by atoms with E-state index < -0.39 is 28.3 Å². The Morgan fingerprint density at radius 1 is 0.972 bits per heavy atom. The summed E-state index contributed by atoms with van der Waals surface area (Å²) in [4.78, 5) is 49.3. The summed E-state index contributed by atoms with van der Waals surface area (Å²) in [5.41, 5.74) is 0.104. The molecule has 1 N–H and O–H groups in total. The van der Waals surface area contributed by atoms with Gasteiger partial charge >= 0.3 is 6.03 Å². The molecule has 0 atom stereocenters. The van der Waals surface area contributed by atoms with Gasteiger partial charge in [0.25, 0.3) is 17.5 Å². The summed E-state index contributed by atoms with van der Waals surface area (Å²) >= 11 is 18.3.